The smallest absolute Gasteiger partial charge is 0.133 e. The van der Waals surface area contributed by atoms with Gasteiger partial charge in [0.15, 0.2) is 0 Å². The summed E-state index contributed by atoms with van der Waals surface area (Å²) in [5.41, 5.74) is 0.290. The van der Waals surface area contributed by atoms with Crippen molar-refractivity contribution in [3.8, 4) is 0 Å². The maximum atomic E-state index is 11.6. The first-order valence-corrected chi connectivity index (χ1v) is 6.70. The minimum Gasteiger partial charge on any atom is -0.300 e. The molecular weight excluding hydrogens is 198 g/mol. The molecule has 1 fully saturated rings. The summed E-state index contributed by atoms with van der Waals surface area (Å²) in [6, 6.07) is 0. The van der Waals surface area contributed by atoms with Crippen LogP contribution in [0.25, 0.3) is 0 Å². The zero-order valence-corrected chi connectivity index (χ0v) is 11.4. The van der Waals surface area contributed by atoms with E-state index in [1.165, 1.54) is 12.8 Å². The standard InChI is InChI=1S/C14H27NO/c1-5-6-13(16)11-12-7-9-15(10-8-12)14(2,3)4/h12H,5-11H2,1-4H3. The molecule has 0 radical (unpaired) electrons. The molecule has 0 unspecified atom stereocenters. The van der Waals surface area contributed by atoms with Gasteiger partial charge in [-0.1, -0.05) is 6.92 Å². The Hall–Kier alpha value is -0.370. The van der Waals surface area contributed by atoms with Gasteiger partial charge in [-0.2, -0.15) is 0 Å². The predicted octanol–water partition coefficient (Wildman–Crippen LogP) is 3.26. The second kappa shape index (κ2) is 5.81. The average molecular weight is 225 g/mol. The molecule has 1 saturated heterocycles. The summed E-state index contributed by atoms with van der Waals surface area (Å²) in [6.07, 6.45) is 5.00. The number of carbonyl (C=O) groups is 1. The van der Waals surface area contributed by atoms with E-state index in [1.807, 2.05) is 0 Å². The number of hydrogen-bond acceptors (Lipinski definition) is 2. The quantitative estimate of drug-likeness (QED) is 0.732. The third-order valence-electron chi connectivity index (χ3n) is 3.61. The average Bonchev–Trinajstić information content (AvgIpc) is 2.17. The molecule has 1 heterocycles. The van der Waals surface area contributed by atoms with E-state index < -0.39 is 0 Å². The summed E-state index contributed by atoms with van der Waals surface area (Å²) in [5.74, 6) is 1.12. The highest BCUT2D eigenvalue weighted by molar-refractivity contribution is 5.78. The Balaban J connectivity index is 2.30. The van der Waals surface area contributed by atoms with Gasteiger partial charge in [0.05, 0.1) is 0 Å². The molecule has 0 saturated carbocycles. The highest BCUT2D eigenvalue weighted by atomic mass is 16.1. The number of rotatable bonds is 4. The van der Waals surface area contributed by atoms with Gasteiger partial charge in [0.2, 0.25) is 0 Å². The van der Waals surface area contributed by atoms with Crippen LogP contribution in [0.3, 0.4) is 0 Å². The van der Waals surface area contributed by atoms with Gasteiger partial charge >= 0.3 is 0 Å². The van der Waals surface area contributed by atoms with Crippen molar-refractivity contribution >= 4 is 5.78 Å². The van der Waals surface area contributed by atoms with E-state index in [-0.39, 0.29) is 0 Å². The van der Waals surface area contributed by atoms with Gasteiger partial charge in [-0.15, -0.1) is 0 Å². The number of carbonyl (C=O) groups excluding carboxylic acids is 1. The molecule has 0 aliphatic carbocycles. The molecule has 2 nitrogen and oxygen atoms in total. The minimum atomic E-state index is 0.290. The van der Waals surface area contributed by atoms with Crippen LogP contribution in [0.4, 0.5) is 0 Å². The predicted molar refractivity (Wildman–Crippen MR) is 68.6 cm³/mol. The second-order valence-electron chi connectivity index (χ2n) is 6.09. The molecule has 0 aromatic heterocycles. The molecule has 94 valence electrons. The van der Waals surface area contributed by atoms with Gasteiger partial charge < -0.3 is 0 Å². The summed E-state index contributed by atoms with van der Waals surface area (Å²) in [4.78, 5) is 14.1. The van der Waals surface area contributed by atoms with Crippen molar-refractivity contribution in [3.63, 3.8) is 0 Å². The molecule has 1 aliphatic rings. The van der Waals surface area contributed by atoms with Crippen molar-refractivity contribution in [2.45, 2.75) is 65.3 Å². The third kappa shape index (κ3) is 4.25. The van der Waals surface area contributed by atoms with E-state index in [9.17, 15) is 4.79 Å². The van der Waals surface area contributed by atoms with E-state index in [2.05, 4.69) is 32.6 Å². The molecule has 0 amide bonds. The second-order valence-corrected chi connectivity index (χ2v) is 6.09. The number of piperidine rings is 1. The van der Waals surface area contributed by atoms with Crippen LogP contribution in [-0.2, 0) is 4.79 Å². The van der Waals surface area contributed by atoms with E-state index in [0.717, 1.165) is 32.4 Å². The van der Waals surface area contributed by atoms with Crippen LogP contribution in [0, 0.1) is 5.92 Å². The lowest BCUT2D eigenvalue weighted by Gasteiger charge is -2.40. The minimum absolute atomic E-state index is 0.290. The van der Waals surface area contributed by atoms with Crippen LogP contribution in [0.5, 0.6) is 0 Å². The molecule has 1 aliphatic heterocycles. The Bertz CT molecular complexity index is 221. The van der Waals surface area contributed by atoms with Gasteiger partial charge in [-0.25, -0.2) is 0 Å². The molecule has 0 atom stereocenters. The van der Waals surface area contributed by atoms with Crippen molar-refractivity contribution in [2.75, 3.05) is 13.1 Å². The van der Waals surface area contributed by atoms with E-state index >= 15 is 0 Å². The van der Waals surface area contributed by atoms with Gasteiger partial charge in [0.1, 0.15) is 5.78 Å². The first-order chi connectivity index (χ1) is 7.43. The summed E-state index contributed by atoms with van der Waals surface area (Å²) in [5, 5.41) is 0. The summed E-state index contributed by atoms with van der Waals surface area (Å²) < 4.78 is 0. The largest absolute Gasteiger partial charge is 0.300 e. The maximum absolute atomic E-state index is 11.6. The molecule has 0 bridgehead atoms. The van der Waals surface area contributed by atoms with Gasteiger partial charge in [0, 0.05) is 18.4 Å². The van der Waals surface area contributed by atoms with Crippen LogP contribution in [0.1, 0.15) is 59.8 Å². The van der Waals surface area contributed by atoms with Gasteiger partial charge in [-0.3, -0.25) is 9.69 Å². The highest BCUT2D eigenvalue weighted by Gasteiger charge is 2.27. The zero-order valence-electron chi connectivity index (χ0n) is 11.4. The molecule has 0 spiro atoms. The topological polar surface area (TPSA) is 20.3 Å². The Kier molecular flexibility index (Phi) is 4.97. The summed E-state index contributed by atoms with van der Waals surface area (Å²) >= 11 is 0. The third-order valence-corrected chi connectivity index (χ3v) is 3.61. The van der Waals surface area contributed by atoms with Crippen molar-refractivity contribution in [1.82, 2.24) is 4.90 Å². The molecule has 0 N–H and O–H groups in total. The fourth-order valence-electron chi connectivity index (χ4n) is 2.51. The van der Waals surface area contributed by atoms with Gasteiger partial charge in [-0.05, 0) is 59.0 Å². The lowest BCUT2D eigenvalue weighted by Crippen LogP contribution is -2.46. The number of likely N-dealkylation sites (tertiary alicyclic amines) is 1. The lowest BCUT2D eigenvalue weighted by atomic mass is 9.88. The number of Topliss-reactive ketones (excluding diaryl/α,β-unsaturated/α-hetero) is 1. The molecule has 0 aromatic rings. The van der Waals surface area contributed by atoms with Crippen molar-refractivity contribution in [3.05, 3.63) is 0 Å². The van der Waals surface area contributed by atoms with Crippen molar-refractivity contribution in [1.29, 1.82) is 0 Å². The Morgan fingerprint density at radius 2 is 1.81 bits per heavy atom. The van der Waals surface area contributed by atoms with E-state index in [0.29, 0.717) is 17.2 Å². The van der Waals surface area contributed by atoms with Crippen LogP contribution in [-0.4, -0.2) is 29.3 Å². The van der Waals surface area contributed by atoms with Crippen LogP contribution < -0.4 is 0 Å². The molecule has 16 heavy (non-hydrogen) atoms. The maximum Gasteiger partial charge on any atom is 0.133 e. The molecule has 0 aromatic carbocycles. The normalized spacial score (nSPS) is 20.0. The van der Waals surface area contributed by atoms with Crippen LogP contribution in [0.2, 0.25) is 0 Å². The van der Waals surface area contributed by atoms with Crippen molar-refractivity contribution in [2.24, 2.45) is 5.92 Å². The summed E-state index contributed by atoms with van der Waals surface area (Å²) in [6.45, 7) is 11.2. The lowest BCUT2D eigenvalue weighted by molar-refractivity contribution is -0.120. The SMILES string of the molecule is CCCC(=O)CC1CCN(C(C)(C)C)CC1. The van der Waals surface area contributed by atoms with Gasteiger partial charge in [0.25, 0.3) is 0 Å². The fourth-order valence-corrected chi connectivity index (χ4v) is 2.51. The zero-order chi connectivity index (χ0) is 12.2. The fraction of sp³-hybridized carbons (Fsp3) is 0.929. The van der Waals surface area contributed by atoms with Crippen molar-refractivity contribution < 1.29 is 4.79 Å². The Labute approximate surface area is 100 Å². The first-order valence-electron chi connectivity index (χ1n) is 6.70. The monoisotopic (exact) mass is 225 g/mol. The molecule has 2 heteroatoms. The van der Waals surface area contributed by atoms with E-state index in [1.54, 1.807) is 0 Å². The van der Waals surface area contributed by atoms with Crippen LogP contribution >= 0.6 is 0 Å². The first kappa shape index (κ1) is 13.7. The summed E-state index contributed by atoms with van der Waals surface area (Å²) in [7, 11) is 0. The Morgan fingerprint density at radius 1 is 1.25 bits per heavy atom. The number of nitrogens with zero attached hydrogens (tertiary/aromatic N) is 1. The molecular formula is C14H27NO. The number of hydrogen-bond donors (Lipinski definition) is 0. The molecule has 1 rings (SSSR count). The van der Waals surface area contributed by atoms with Crippen LogP contribution in [0.15, 0.2) is 0 Å². The number of ketones is 1. The Morgan fingerprint density at radius 3 is 2.25 bits per heavy atom. The highest BCUT2D eigenvalue weighted by Crippen LogP contribution is 2.26. The van der Waals surface area contributed by atoms with E-state index in [4.69, 9.17) is 0 Å².